The van der Waals surface area contributed by atoms with E-state index in [9.17, 15) is 27.2 Å². The number of hydrogen-bond donors (Lipinski definition) is 1. The van der Waals surface area contributed by atoms with Gasteiger partial charge in [-0.25, -0.2) is 4.39 Å². The number of benzene rings is 1. The van der Waals surface area contributed by atoms with Gasteiger partial charge in [0.25, 0.3) is 0 Å². The van der Waals surface area contributed by atoms with Gasteiger partial charge in [0.05, 0.1) is 18.8 Å². The van der Waals surface area contributed by atoms with Crippen molar-refractivity contribution in [2.24, 2.45) is 0 Å². The molecule has 1 aromatic heterocycles. The SMILES string of the molecule is O=C(O)CCCC(=O)N1CCc2c(C(F)(F)F)nn(Cc3ccc(Cl)cc3F)c2C1. The number of hydrogen-bond acceptors (Lipinski definition) is 3. The van der Waals surface area contributed by atoms with E-state index < -0.39 is 23.7 Å². The van der Waals surface area contributed by atoms with E-state index >= 15 is 0 Å². The molecule has 0 saturated carbocycles. The van der Waals surface area contributed by atoms with Gasteiger partial charge in [-0.3, -0.25) is 14.3 Å². The molecule has 2 heterocycles. The number of carboxylic acid groups (broad SMARTS) is 1. The van der Waals surface area contributed by atoms with Crippen LogP contribution in [0.1, 0.15) is 41.8 Å². The van der Waals surface area contributed by atoms with Crippen LogP contribution in [0.5, 0.6) is 0 Å². The number of aromatic nitrogens is 2. The summed E-state index contributed by atoms with van der Waals surface area (Å²) in [5.74, 6) is -2.04. The molecule has 30 heavy (non-hydrogen) atoms. The standard InChI is InChI=1S/C19H18ClF4N3O3/c20-12-5-4-11(14(21)8-12)9-27-15-10-26(16(28)2-1-3-17(29)30)7-6-13(15)18(25-27)19(22,23)24/h4-5,8H,1-3,6-7,9-10H2,(H,29,30). The zero-order valence-electron chi connectivity index (χ0n) is 15.7. The molecule has 6 nitrogen and oxygen atoms in total. The molecule has 0 aliphatic carbocycles. The fourth-order valence-electron chi connectivity index (χ4n) is 3.41. The summed E-state index contributed by atoms with van der Waals surface area (Å²) in [4.78, 5) is 24.3. The van der Waals surface area contributed by atoms with E-state index in [0.29, 0.717) is 0 Å². The van der Waals surface area contributed by atoms with Gasteiger partial charge in [0, 0.05) is 35.5 Å². The number of carbonyl (C=O) groups excluding carboxylic acids is 1. The largest absolute Gasteiger partial charge is 0.481 e. The molecular weight excluding hydrogens is 430 g/mol. The number of alkyl halides is 3. The average Bonchev–Trinajstić information content (AvgIpc) is 3.02. The van der Waals surface area contributed by atoms with Gasteiger partial charge >= 0.3 is 12.1 Å². The van der Waals surface area contributed by atoms with Crippen LogP contribution in [0.2, 0.25) is 5.02 Å². The van der Waals surface area contributed by atoms with Gasteiger partial charge in [0.2, 0.25) is 5.91 Å². The van der Waals surface area contributed by atoms with Crippen molar-refractivity contribution in [1.29, 1.82) is 0 Å². The fraction of sp³-hybridized carbons (Fsp3) is 0.421. The highest BCUT2D eigenvalue weighted by Gasteiger charge is 2.40. The first-order valence-electron chi connectivity index (χ1n) is 9.15. The number of fused-ring (bicyclic) bond motifs is 1. The molecule has 1 N–H and O–H groups in total. The van der Waals surface area contributed by atoms with Gasteiger partial charge < -0.3 is 10.0 Å². The van der Waals surface area contributed by atoms with Crippen molar-refractivity contribution in [2.75, 3.05) is 6.54 Å². The Morgan fingerprint density at radius 1 is 1.23 bits per heavy atom. The molecular formula is C19H18ClF4N3O3. The summed E-state index contributed by atoms with van der Waals surface area (Å²) in [6, 6.07) is 3.87. The quantitative estimate of drug-likeness (QED) is 0.682. The zero-order valence-corrected chi connectivity index (χ0v) is 16.4. The molecule has 162 valence electrons. The molecule has 1 aromatic carbocycles. The second kappa shape index (κ2) is 8.63. The minimum Gasteiger partial charge on any atom is -0.481 e. The lowest BCUT2D eigenvalue weighted by Gasteiger charge is -2.28. The van der Waals surface area contributed by atoms with E-state index in [2.05, 4.69) is 5.10 Å². The van der Waals surface area contributed by atoms with Crippen LogP contribution >= 0.6 is 11.6 Å². The Bertz CT molecular complexity index is 975. The third-order valence-corrected chi connectivity index (χ3v) is 5.11. The van der Waals surface area contributed by atoms with Crippen molar-refractivity contribution < 1.29 is 32.3 Å². The summed E-state index contributed by atoms with van der Waals surface area (Å²) in [6.07, 6.45) is -4.77. The highest BCUT2D eigenvalue weighted by molar-refractivity contribution is 6.30. The molecule has 3 rings (SSSR count). The number of carboxylic acids is 1. The lowest BCUT2D eigenvalue weighted by molar-refractivity contribution is -0.142. The summed E-state index contributed by atoms with van der Waals surface area (Å²) in [5, 5.41) is 12.5. The summed E-state index contributed by atoms with van der Waals surface area (Å²) in [5.41, 5.74) is -0.742. The van der Waals surface area contributed by atoms with Crippen molar-refractivity contribution in [3.63, 3.8) is 0 Å². The van der Waals surface area contributed by atoms with Crippen LogP contribution in [0.4, 0.5) is 17.6 Å². The normalized spacial score (nSPS) is 14.0. The number of carbonyl (C=O) groups is 2. The van der Waals surface area contributed by atoms with Crippen molar-refractivity contribution in [2.45, 2.75) is 44.9 Å². The van der Waals surface area contributed by atoms with Crippen LogP contribution in [0.3, 0.4) is 0 Å². The highest BCUT2D eigenvalue weighted by Crippen LogP contribution is 2.35. The lowest BCUT2D eigenvalue weighted by atomic mass is 10.0. The van der Waals surface area contributed by atoms with E-state index in [1.165, 1.54) is 17.0 Å². The predicted molar refractivity (Wildman–Crippen MR) is 98.3 cm³/mol. The fourth-order valence-corrected chi connectivity index (χ4v) is 3.57. The topological polar surface area (TPSA) is 75.4 Å². The summed E-state index contributed by atoms with van der Waals surface area (Å²) in [7, 11) is 0. The minimum absolute atomic E-state index is 0.00791. The molecule has 0 radical (unpaired) electrons. The molecule has 1 aliphatic heterocycles. The maximum Gasteiger partial charge on any atom is 0.435 e. The van der Waals surface area contributed by atoms with Crippen molar-refractivity contribution in [3.05, 3.63) is 51.6 Å². The van der Waals surface area contributed by atoms with Gasteiger partial charge in [-0.1, -0.05) is 17.7 Å². The first-order valence-corrected chi connectivity index (χ1v) is 9.53. The Morgan fingerprint density at radius 2 is 1.97 bits per heavy atom. The molecule has 0 unspecified atom stereocenters. The second-order valence-corrected chi connectivity index (χ2v) is 7.41. The number of rotatable bonds is 6. The van der Waals surface area contributed by atoms with Gasteiger partial charge in [-0.15, -0.1) is 0 Å². The molecule has 0 fully saturated rings. The Balaban J connectivity index is 1.87. The molecule has 0 spiro atoms. The Morgan fingerprint density at radius 3 is 2.60 bits per heavy atom. The average molecular weight is 448 g/mol. The first kappa shape index (κ1) is 22.1. The van der Waals surface area contributed by atoms with E-state index in [1.807, 2.05) is 0 Å². The Kier molecular flexibility index (Phi) is 6.35. The van der Waals surface area contributed by atoms with Crippen LogP contribution in [-0.2, 0) is 35.3 Å². The Labute approximate surface area is 174 Å². The summed E-state index contributed by atoms with van der Waals surface area (Å²) >= 11 is 5.72. The number of halogens is 5. The van der Waals surface area contributed by atoms with Gasteiger partial charge in [-0.05, 0) is 25.0 Å². The monoisotopic (exact) mass is 447 g/mol. The number of nitrogens with zero attached hydrogens (tertiary/aromatic N) is 3. The molecule has 1 aliphatic rings. The van der Waals surface area contributed by atoms with E-state index in [4.69, 9.17) is 16.7 Å². The number of aliphatic carboxylic acids is 1. The van der Waals surface area contributed by atoms with E-state index in [1.54, 1.807) is 0 Å². The van der Waals surface area contributed by atoms with Crippen molar-refractivity contribution >= 4 is 23.5 Å². The van der Waals surface area contributed by atoms with Gasteiger partial charge in [0.15, 0.2) is 5.69 Å². The van der Waals surface area contributed by atoms with Gasteiger partial charge in [-0.2, -0.15) is 18.3 Å². The van der Waals surface area contributed by atoms with E-state index in [0.717, 1.165) is 10.7 Å². The van der Waals surface area contributed by atoms with Crippen LogP contribution in [-0.4, -0.2) is 38.2 Å². The number of amides is 1. The van der Waals surface area contributed by atoms with Crippen LogP contribution in [0.25, 0.3) is 0 Å². The molecule has 2 aromatic rings. The molecule has 1 amide bonds. The molecule has 0 bridgehead atoms. The third-order valence-electron chi connectivity index (χ3n) is 4.88. The van der Waals surface area contributed by atoms with E-state index in [-0.39, 0.29) is 73.1 Å². The lowest BCUT2D eigenvalue weighted by Crippen LogP contribution is -2.37. The van der Waals surface area contributed by atoms with Gasteiger partial charge in [0.1, 0.15) is 5.82 Å². The minimum atomic E-state index is -4.68. The maximum atomic E-state index is 14.2. The summed E-state index contributed by atoms with van der Waals surface area (Å²) in [6.45, 7) is -0.287. The van der Waals surface area contributed by atoms with Crippen molar-refractivity contribution in [3.8, 4) is 0 Å². The predicted octanol–water partition coefficient (Wildman–Crippen LogP) is 3.88. The van der Waals surface area contributed by atoms with Crippen LogP contribution in [0.15, 0.2) is 18.2 Å². The third kappa shape index (κ3) is 4.92. The van der Waals surface area contributed by atoms with Crippen molar-refractivity contribution in [1.82, 2.24) is 14.7 Å². The first-order chi connectivity index (χ1) is 14.1. The smallest absolute Gasteiger partial charge is 0.435 e. The Hall–Kier alpha value is -2.62. The zero-order chi connectivity index (χ0) is 22.1. The molecule has 0 atom stereocenters. The molecule has 0 saturated heterocycles. The summed E-state index contributed by atoms with van der Waals surface area (Å²) < 4.78 is 55.6. The van der Waals surface area contributed by atoms with Crippen LogP contribution in [0, 0.1) is 5.82 Å². The maximum absolute atomic E-state index is 14.2. The second-order valence-electron chi connectivity index (χ2n) is 6.98. The molecule has 11 heteroatoms. The van der Waals surface area contributed by atoms with Crippen LogP contribution < -0.4 is 0 Å². The highest BCUT2D eigenvalue weighted by atomic mass is 35.5.